The number of aromatic nitrogens is 2. The van der Waals surface area contributed by atoms with Crippen LogP contribution in [0.15, 0.2) is 46.8 Å². The summed E-state index contributed by atoms with van der Waals surface area (Å²) in [6.45, 7) is 0.201. The number of nitrogens with one attached hydrogen (secondary N) is 1. The van der Waals surface area contributed by atoms with Gasteiger partial charge in [0.05, 0.1) is 11.8 Å². The van der Waals surface area contributed by atoms with Gasteiger partial charge in [0.1, 0.15) is 5.82 Å². The van der Waals surface area contributed by atoms with E-state index in [-0.39, 0.29) is 12.6 Å². The lowest BCUT2D eigenvalue weighted by atomic mass is 10.1. The van der Waals surface area contributed by atoms with Crippen LogP contribution in [0.25, 0.3) is 0 Å². The second-order valence-electron chi connectivity index (χ2n) is 5.42. The molecular weight excluding hydrogens is 377 g/mol. The molecule has 0 saturated heterocycles. The number of anilines is 2. The van der Waals surface area contributed by atoms with E-state index in [2.05, 4.69) is 15.5 Å². The molecule has 4 rings (SSSR count). The Bertz CT molecular complexity index is 922. The Kier molecular flexibility index (Phi) is 4.91. The quantitative estimate of drug-likeness (QED) is 0.616. The molecule has 9 heteroatoms. The lowest BCUT2D eigenvalue weighted by Crippen LogP contribution is -2.00. The molecule has 0 fully saturated rings. The summed E-state index contributed by atoms with van der Waals surface area (Å²) in [5.41, 5.74) is 1.09. The van der Waals surface area contributed by atoms with Gasteiger partial charge in [-0.2, -0.15) is 0 Å². The van der Waals surface area contributed by atoms with Gasteiger partial charge >= 0.3 is 0 Å². The molecule has 0 amide bonds. The van der Waals surface area contributed by atoms with Gasteiger partial charge in [0.2, 0.25) is 11.9 Å². The molecule has 0 radical (unpaired) electrons. The highest BCUT2D eigenvalue weighted by molar-refractivity contribution is 8.01. The van der Waals surface area contributed by atoms with Crippen molar-refractivity contribution in [3.8, 4) is 11.5 Å². The lowest BCUT2D eigenvalue weighted by molar-refractivity contribution is 0.173. The molecule has 1 aliphatic rings. The molecule has 134 valence electrons. The van der Waals surface area contributed by atoms with Crippen LogP contribution in [0, 0.1) is 5.82 Å². The van der Waals surface area contributed by atoms with Crippen LogP contribution >= 0.6 is 23.1 Å². The number of para-hydroxylation sites is 1. The maximum absolute atomic E-state index is 13.7. The molecule has 1 unspecified atom stereocenters. The third-order valence-corrected chi connectivity index (χ3v) is 5.72. The van der Waals surface area contributed by atoms with Crippen molar-refractivity contribution in [3.63, 3.8) is 0 Å². The van der Waals surface area contributed by atoms with Crippen LogP contribution in [-0.2, 0) is 0 Å². The molecule has 2 heterocycles. The summed E-state index contributed by atoms with van der Waals surface area (Å²) in [7, 11) is 0. The van der Waals surface area contributed by atoms with Crippen LogP contribution in [0.3, 0.4) is 0 Å². The fourth-order valence-electron chi connectivity index (χ4n) is 2.36. The lowest BCUT2D eigenvalue weighted by Gasteiger charge is -2.10. The number of hydrogen-bond donors (Lipinski definition) is 2. The Hall–Kier alpha value is -2.36. The highest BCUT2D eigenvalue weighted by Gasteiger charge is 2.17. The van der Waals surface area contributed by atoms with Gasteiger partial charge in [0.15, 0.2) is 15.8 Å². The van der Waals surface area contributed by atoms with Crippen LogP contribution in [0.1, 0.15) is 11.7 Å². The molecule has 0 aliphatic carbocycles. The van der Waals surface area contributed by atoms with Crippen LogP contribution in [0.4, 0.5) is 15.2 Å². The Labute approximate surface area is 157 Å². The molecule has 2 aromatic carbocycles. The Morgan fingerprint density at radius 3 is 2.92 bits per heavy atom. The highest BCUT2D eigenvalue weighted by Crippen LogP contribution is 2.36. The van der Waals surface area contributed by atoms with Crippen molar-refractivity contribution in [1.82, 2.24) is 10.2 Å². The first-order valence-corrected chi connectivity index (χ1v) is 9.55. The molecule has 0 spiro atoms. The van der Waals surface area contributed by atoms with E-state index in [9.17, 15) is 9.50 Å². The molecule has 1 atom stereocenters. The minimum absolute atomic E-state index is 0.201. The molecule has 6 nitrogen and oxygen atoms in total. The third-order valence-electron chi connectivity index (χ3n) is 3.67. The predicted octanol–water partition coefficient (Wildman–Crippen LogP) is 3.98. The molecular formula is C17H14FN3O3S2. The molecule has 0 bridgehead atoms. The van der Waals surface area contributed by atoms with Crippen LogP contribution < -0.4 is 14.8 Å². The summed E-state index contributed by atoms with van der Waals surface area (Å²) >= 11 is 2.68. The first-order valence-electron chi connectivity index (χ1n) is 7.74. The fraction of sp³-hybridized carbons (Fsp3) is 0.176. The van der Waals surface area contributed by atoms with Gasteiger partial charge in [-0.3, -0.25) is 0 Å². The molecule has 0 saturated carbocycles. The maximum Gasteiger partial charge on any atom is 0.231 e. The van der Waals surface area contributed by atoms with E-state index >= 15 is 0 Å². The smallest absolute Gasteiger partial charge is 0.231 e. The average molecular weight is 391 g/mol. The second-order valence-corrected chi connectivity index (χ2v) is 7.66. The predicted molar refractivity (Wildman–Crippen MR) is 97.8 cm³/mol. The summed E-state index contributed by atoms with van der Waals surface area (Å²) in [4.78, 5) is 0. The highest BCUT2D eigenvalue weighted by atomic mass is 32.2. The Morgan fingerprint density at radius 2 is 2.04 bits per heavy atom. The Morgan fingerprint density at radius 1 is 1.19 bits per heavy atom. The molecule has 2 N–H and O–H groups in total. The number of thioether (sulfide) groups is 1. The van der Waals surface area contributed by atoms with E-state index in [0.29, 0.717) is 32.4 Å². The van der Waals surface area contributed by atoms with Crippen molar-refractivity contribution in [2.24, 2.45) is 0 Å². The number of fused-ring (bicyclic) bond motifs is 1. The van der Waals surface area contributed by atoms with Crippen molar-refractivity contribution < 1.29 is 19.0 Å². The average Bonchev–Trinajstić information content (AvgIpc) is 3.30. The summed E-state index contributed by atoms with van der Waals surface area (Å²) in [6, 6.07) is 11.7. The SMILES string of the molecule is OC(CSc1nnc(Nc2ccccc2F)s1)c1ccc2c(c1)OCO2. The molecule has 3 aromatic rings. The number of halogens is 1. The monoisotopic (exact) mass is 391 g/mol. The number of hydrogen-bond acceptors (Lipinski definition) is 8. The summed E-state index contributed by atoms with van der Waals surface area (Å²) in [6.07, 6.45) is -0.679. The summed E-state index contributed by atoms with van der Waals surface area (Å²) < 4.78 is 24.9. The van der Waals surface area contributed by atoms with E-state index in [1.165, 1.54) is 29.2 Å². The maximum atomic E-state index is 13.7. The second kappa shape index (κ2) is 7.48. The van der Waals surface area contributed by atoms with Gasteiger partial charge in [-0.15, -0.1) is 10.2 Å². The zero-order chi connectivity index (χ0) is 17.9. The van der Waals surface area contributed by atoms with E-state index in [1.54, 1.807) is 30.3 Å². The van der Waals surface area contributed by atoms with Crippen molar-refractivity contribution >= 4 is 33.9 Å². The van der Waals surface area contributed by atoms with Crippen LogP contribution in [0.5, 0.6) is 11.5 Å². The van der Waals surface area contributed by atoms with Crippen molar-refractivity contribution in [3.05, 3.63) is 53.8 Å². The standard InChI is InChI=1S/C17H14FN3O3S2/c18-11-3-1-2-4-12(11)19-16-20-21-17(26-16)25-8-13(22)10-5-6-14-15(7-10)24-9-23-14/h1-7,13,22H,8-9H2,(H,19,20). The molecule has 26 heavy (non-hydrogen) atoms. The van der Waals surface area contributed by atoms with E-state index in [0.717, 1.165) is 5.56 Å². The van der Waals surface area contributed by atoms with E-state index in [1.807, 2.05) is 6.07 Å². The number of rotatable bonds is 6. The van der Waals surface area contributed by atoms with Gasteiger partial charge in [-0.25, -0.2) is 4.39 Å². The van der Waals surface area contributed by atoms with Gasteiger partial charge in [-0.05, 0) is 29.8 Å². The largest absolute Gasteiger partial charge is 0.454 e. The normalized spacial score (nSPS) is 13.6. The first kappa shape index (κ1) is 17.1. The van der Waals surface area contributed by atoms with Gasteiger partial charge in [0, 0.05) is 5.75 Å². The zero-order valence-electron chi connectivity index (χ0n) is 13.4. The minimum Gasteiger partial charge on any atom is -0.454 e. The summed E-state index contributed by atoms with van der Waals surface area (Å²) in [5.74, 6) is 1.38. The number of ether oxygens (including phenoxy) is 2. The molecule has 1 aliphatic heterocycles. The number of aliphatic hydroxyl groups excluding tert-OH is 1. The number of benzene rings is 2. The van der Waals surface area contributed by atoms with E-state index in [4.69, 9.17) is 9.47 Å². The van der Waals surface area contributed by atoms with Crippen LogP contribution in [0.2, 0.25) is 0 Å². The van der Waals surface area contributed by atoms with Gasteiger partial charge in [-0.1, -0.05) is 41.3 Å². The zero-order valence-corrected chi connectivity index (χ0v) is 15.0. The van der Waals surface area contributed by atoms with Gasteiger partial charge < -0.3 is 19.9 Å². The minimum atomic E-state index is -0.679. The topological polar surface area (TPSA) is 76.5 Å². The van der Waals surface area contributed by atoms with Crippen molar-refractivity contribution in [2.75, 3.05) is 17.9 Å². The third kappa shape index (κ3) is 3.74. The number of aliphatic hydroxyl groups is 1. The van der Waals surface area contributed by atoms with E-state index < -0.39 is 6.10 Å². The van der Waals surface area contributed by atoms with Crippen molar-refractivity contribution in [1.29, 1.82) is 0 Å². The number of nitrogens with zero attached hydrogens (tertiary/aromatic N) is 2. The Balaban J connectivity index is 1.36. The van der Waals surface area contributed by atoms with Crippen molar-refractivity contribution in [2.45, 2.75) is 10.4 Å². The fourth-order valence-corrected chi connectivity index (χ4v) is 4.12. The van der Waals surface area contributed by atoms with Gasteiger partial charge in [0.25, 0.3) is 0 Å². The molecule has 1 aromatic heterocycles. The van der Waals surface area contributed by atoms with Crippen LogP contribution in [-0.4, -0.2) is 27.8 Å². The first-order chi connectivity index (χ1) is 12.7. The summed E-state index contributed by atoms with van der Waals surface area (Å²) in [5, 5.41) is 21.8.